The third-order valence-electron chi connectivity index (χ3n) is 2.37. The molecule has 0 atom stereocenters. The summed E-state index contributed by atoms with van der Waals surface area (Å²) in [4.78, 5) is 25.9. The van der Waals surface area contributed by atoms with Crippen molar-refractivity contribution in [3.63, 3.8) is 0 Å². The number of amides is 2. The van der Waals surface area contributed by atoms with E-state index in [0.29, 0.717) is 5.01 Å². The van der Waals surface area contributed by atoms with Crippen LogP contribution in [0.25, 0.3) is 0 Å². The Bertz CT molecular complexity index is 611. The molecule has 1 rings (SSSR count). The van der Waals surface area contributed by atoms with Crippen molar-refractivity contribution in [1.29, 1.82) is 0 Å². The maximum absolute atomic E-state index is 11.4. The fourth-order valence-electron chi connectivity index (χ4n) is 1.18. The average Bonchev–Trinajstić information content (AvgIpc) is 2.85. The quantitative estimate of drug-likeness (QED) is 0.617. The van der Waals surface area contributed by atoms with E-state index in [1.807, 2.05) is 0 Å². The molecule has 9 nitrogen and oxygen atoms in total. The molecule has 21 heavy (non-hydrogen) atoms. The summed E-state index contributed by atoms with van der Waals surface area (Å²) < 4.78 is 24.0. The number of hydrogen-bond donors (Lipinski definition) is 3. The number of thiazole rings is 1. The maximum Gasteiger partial charge on any atom is 0.355 e. The van der Waals surface area contributed by atoms with Gasteiger partial charge >= 0.3 is 12.0 Å². The maximum atomic E-state index is 11.4. The summed E-state index contributed by atoms with van der Waals surface area (Å²) in [5.41, 5.74) is -0.0747. The first kappa shape index (κ1) is 17.3. The molecule has 0 spiro atoms. The Hall–Kier alpha value is -1.72. The first-order valence-electron chi connectivity index (χ1n) is 5.82. The summed E-state index contributed by atoms with van der Waals surface area (Å²) in [5, 5.41) is 15.4. The van der Waals surface area contributed by atoms with Gasteiger partial charge in [-0.25, -0.2) is 27.3 Å². The molecule has 0 saturated heterocycles. The van der Waals surface area contributed by atoms with E-state index in [1.165, 1.54) is 19.5 Å². The summed E-state index contributed by atoms with van der Waals surface area (Å²) in [7, 11) is -0.523. The van der Waals surface area contributed by atoms with Crippen LogP contribution in [0, 0.1) is 0 Å². The van der Waals surface area contributed by atoms with E-state index >= 15 is 0 Å². The molecule has 1 heterocycles. The van der Waals surface area contributed by atoms with Crippen LogP contribution < -0.4 is 10.6 Å². The summed E-state index contributed by atoms with van der Waals surface area (Å²) in [6.45, 7) is 0.0504. The molecular weight excluding hydrogens is 320 g/mol. The van der Waals surface area contributed by atoms with Crippen LogP contribution in [0.4, 0.5) is 4.79 Å². The number of carboxylic acid groups (broad SMARTS) is 1. The molecule has 0 saturated carbocycles. The Kier molecular flexibility index (Phi) is 6.05. The van der Waals surface area contributed by atoms with Crippen molar-refractivity contribution in [3.05, 3.63) is 16.1 Å². The zero-order valence-corrected chi connectivity index (χ0v) is 13.1. The molecule has 1 aromatic rings. The summed E-state index contributed by atoms with van der Waals surface area (Å²) in [6, 6.07) is -0.545. The minimum Gasteiger partial charge on any atom is -0.476 e. The van der Waals surface area contributed by atoms with Crippen LogP contribution in [-0.2, 0) is 16.6 Å². The van der Waals surface area contributed by atoms with Crippen LogP contribution >= 0.6 is 11.3 Å². The first-order chi connectivity index (χ1) is 9.72. The smallest absolute Gasteiger partial charge is 0.355 e. The standard InChI is InChI=1S/C10H16N4O5S2/c1-14(2)21(18,19)4-3-11-10(17)12-5-8-13-7(6-20-8)9(15)16/h6H,3-5H2,1-2H3,(H,15,16)(H2,11,12,17). The zero-order valence-electron chi connectivity index (χ0n) is 11.5. The van der Waals surface area contributed by atoms with Gasteiger partial charge in [-0.05, 0) is 0 Å². The van der Waals surface area contributed by atoms with E-state index in [0.717, 1.165) is 15.6 Å². The predicted molar refractivity (Wildman–Crippen MR) is 76.8 cm³/mol. The van der Waals surface area contributed by atoms with Crippen molar-refractivity contribution in [2.45, 2.75) is 6.54 Å². The van der Waals surface area contributed by atoms with Crippen LogP contribution in [0.15, 0.2) is 5.38 Å². The molecule has 2 amide bonds. The summed E-state index contributed by atoms with van der Waals surface area (Å²) in [5.74, 6) is -1.33. The highest BCUT2D eigenvalue weighted by Crippen LogP contribution is 2.09. The number of nitrogens with zero attached hydrogens (tertiary/aromatic N) is 2. The lowest BCUT2D eigenvalue weighted by molar-refractivity contribution is 0.0691. The molecule has 3 N–H and O–H groups in total. The zero-order chi connectivity index (χ0) is 16.0. The minimum atomic E-state index is -3.35. The summed E-state index contributed by atoms with van der Waals surface area (Å²) in [6.07, 6.45) is 0. The van der Waals surface area contributed by atoms with Crippen molar-refractivity contribution < 1.29 is 23.1 Å². The van der Waals surface area contributed by atoms with E-state index in [4.69, 9.17) is 5.11 Å². The molecule has 0 aliphatic rings. The van der Waals surface area contributed by atoms with Gasteiger partial charge in [0.05, 0.1) is 12.3 Å². The first-order valence-corrected chi connectivity index (χ1v) is 8.31. The second-order valence-electron chi connectivity index (χ2n) is 4.14. The second kappa shape index (κ2) is 7.33. The van der Waals surface area contributed by atoms with E-state index in [9.17, 15) is 18.0 Å². The van der Waals surface area contributed by atoms with Gasteiger partial charge < -0.3 is 15.7 Å². The second-order valence-corrected chi connectivity index (χ2v) is 7.38. The third kappa shape index (κ3) is 5.65. The minimum absolute atomic E-state index is 0.0232. The van der Waals surface area contributed by atoms with Gasteiger partial charge in [-0.15, -0.1) is 11.3 Å². The summed E-state index contributed by atoms with van der Waals surface area (Å²) >= 11 is 1.11. The van der Waals surface area contributed by atoms with E-state index < -0.39 is 22.0 Å². The number of aromatic nitrogens is 1. The van der Waals surface area contributed by atoms with Crippen molar-refractivity contribution in [3.8, 4) is 0 Å². The lowest BCUT2D eigenvalue weighted by Crippen LogP contribution is -2.39. The highest BCUT2D eigenvalue weighted by atomic mass is 32.2. The molecular formula is C10H16N4O5S2. The SMILES string of the molecule is CN(C)S(=O)(=O)CCNC(=O)NCc1nc(C(=O)O)cs1. The van der Waals surface area contributed by atoms with Crippen molar-refractivity contribution in [2.75, 3.05) is 26.4 Å². The van der Waals surface area contributed by atoms with Gasteiger partial charge in [0, 0.05) is 26.0 Å². The highest BCUT2D eigenvalue weighted by Gasteiger charge is 2.14. The molecule has 0 unspecified atom stereocenters. The van der Waals surface area contributed by atoms with Gasteiger partial charge in [0.15, 0.2) is 5.69 Å². The highest BCUT2D eigenvalue weighted by molar-refractivity contribution is 7.89. The predicted octanol–water partition coefficient (Wildman–Crippen LogP) is -0.468. The van der Waals surface area contributed by atoms with Gasteiger partial charge in [-0.1, -0.05) is 0 Å². The topological polar surface area (TPSA) is 129 Å². The Labute approximate surface area is 126 Å². The molecule has 11 heteroatoms. The molecule has 0 aliphatic heterocycles. The Morgan fingerprint density at radius 2 is 2.05 bits per heavy atom. The van der Waals surface area contributed by atoms with Crippen LogP contribution in [0.3, 0.4) is 0 Å². The third-order valence-corrected chi connectivity index (χ3v) is 5.05. The Balaban J connectivity index is 2.33. The molecule has 0 aromatic carbocycles. The van der Waals surface area contributed by atoms with Gasteiger partial charge in [0.2, 0.25) is 10.0 Å². The van der Waals surface area contributed by atoms with Crippen LogP contribution in [0.1, 0.15) is 15.5 Å². The van der Waals surface area contributed by atoms with Gasteiger partial charge in [-0.3, -0.25) is 0 Å². The Morgan fingerprint density at radius 1 is 1.38 bits per heavy atom. The number of aromatic carboxylic acids is 1. The normalized spacial score (nSPS) is 11.4. The molecule has 118 valence electrons. The number of carbonyl (C=O) groups excluding carboxylic acids is 1. The number of rotatable bonds is 7. The van der Waals surface area contributed by atoms with Crippen molar-refractivity contribution >= 4 is 33.4 Å². The fourth-order valence-corrected chi connectivity index (χ4v) is 2.62. The number of urea groups is 1. The molecule has 1 aromatic heterocycles. The Morgan fingerprint density at radius 3 is 2.57 bits per heavy atom. The van der Waals surface area contributed by atoms with Crippen LogP contribution in [0.5, 0.6) is 0 Å². The number of hydrogen-bond acceptors (Lipinski definition) is 6. The van der Waals surface area contributed by atoms with Crippen LogP contribution in [0.2, 0.25) is 0 Å². The molecule has 0 fully saturated rings. The number of carboxylic acids is 1. The lowest BCUT2D eigenvalue weighted by Gasteiger charge is -2.11. The van der Waals surface area contributed by atoms with E-state index in [1.54, 1.807) is 0 Å². The molecule has 0 radical (unpaired) electrons. The van der Waals surface area contributed by atoms with E-state index in [2.05, 4.69) is 15.6 Å². The van der Waals surface area contributed by atoms with Crippen LogP contribution in [-0.4, -0.2) is 61.2 Å². The van der Waals surface area contributed by atoms with Gasteiger partial charge in [0.25, 0.3) is 0 Å². The van der Waals surface area contributed by atoms with Gasteiger partial charge in [0.1, 0.15) is 5.01 Å². The van der Waals surface area contributed by atoms with Gasteiger partial charge in [-0.2, -0.15) is 0 Å². The number of carbonyl (C=O) groups is 2. The monoisotopic (exact) mass is 336 g/mol. The number of sulfonamides is 1. The average molecular weight is 336 g/mol. The fraction of sp³-hybridized carbons (Fsp3) is 0.500. The van der Waals surface area contributed by atoms with Crippen molar-refractivity contribution in [2.24, 2.45) is 0 Å². The molecule has 0 aliphatic carbocycles. The molecule has 0 bridgehead atoms. The van der Waals surface area contributed by atoms with Crippen molar-refractivity contribution in [1.82, 2.24) is 19.9 Å². The number of nitrogens with one attached hydrogen (secondary N) is 2. The lowest BCUT2D eigenvalue weighted by atomic mass is 10.5. The largest absolute Gasteiger partial charge is 0.476 e. The van der Waals surface area contributed by atoms with E-state index in [-0.39, 0.29) is 24.5 Å².